The number of amides is 1. The number of thioether (sulfide) groups is 1. The molecule has 0 radical (unpaired) electrons. The van der Waals surface area contributed by atoms with E-state index < -0.39 is 0 Å². The van der Waals surface area contributed by atoms with Gasteiger partial charge >= 0.3 is 0 Å². The average molecular weight is 366 g/mol. The number of carbonyl (C=O) groups is 1. The van der Waals surface area contributed by atoms with E-state index in [4.69, 9.17) is 4.74 Å². The molecule has 2 aromatic carbocycles. The smallest absolute Gasteiger partial charge is 0.233 e. The van der Waals surface area contributed by atoms with Gasteiger partial charge in [-0.15, -0.1) is 0 Å². The maximum atomic E-state index is 12.5. The van der Waals surface area contributed by atoms with Crippen LogP contribution in [0.2, 0.25) is 0 Å². The molecule has 4 nitrogen and oxygen atoms in total. The summed E-state index contributed by atoms with van der Waals surface area (Å²) in [6.07, 6.45) is 0. The molecular weight excluding hydrogens is 344 g/mol. The minimum atomic E-state index is 0.0634. The zero-order valence-electron chi connectivity index (χ0n) is 15.2. The first-order chi connectivity index (χ1) is 12.6. The normalized spacial score (nSPS) is 10.7. The van der Waals surface area contributed by atoms with E-state index in [2.05, 4.69) is 18.0 Å². The highest BCUT2D eigenvalue weighted by atomic mass is 32.2. The monoisotopic (exact) mass is 366 g/mol. The molecule has 0 fully saturated rings. The van der Waals surface area contributed by atoms with Crippen molar-refractivity contribution < 1.29 is 9.53 Å². The van der Waals surface area contributed by atoms with E-state index >= 15 is 0 Å². The molecule has 1 amide bonds. The van der Waals surface area contributed by atoms with Crippen molar-refractivity contribution in [3.63, 3.8) is 0 Å². The third-order valence-electron chi connectivity index (χ3n) is 4.27. The van der Waals surface area contributed by atoms with Crippen LogP contribution in [0.5, 0.6) is 5.75 Å². The Morgan fingerprint density at radius 1 is 1.15 bits per heavy atom. The topological polar surface area (TPSA) is 42.4 Å². The van der Waals surface area contributed by atoms with Crippen molar-refractivity contribution in [3.8, 4) is 5.75 Å². The van der Waals surface area contributed by atoms with Gasteiger partial charge < -0.3 is 9.64 Å². The van der Waals surface area contributed by atoms with Crippen LogP contribution in [-0.4, -0.2) is 35.7 Å². The molecule has 3 rings (SSSR count). The van der Waals surface area contributed by atoms with Gasteiger partial charge in [-0.05, 0) is 30.7 Å². The predicted octanol–water partition coefficient (Wildman–Crippen LogP) is 4.30. The Labute approximate surface area is 158 Å². The molecule has 134 valence electrons. The summed E-state index contributed by atoms with van der Waals surface area (Å²) >= 11 is 1.47. The molecule has 0 unspecified atom stereocenters. The fraction of sp³-hybridized carbons (Fsp3) is 0.238. The van der Waals surface area contributed by atoms with Crippen molar-refractivity contribution in [3.05, 3.63) is 65.7 Å². The summed E-state index contributed by atoms with van der Waals surface area (Å²) in [4.78, 5) is 18.9. The summed E-state index contributed by atoms with van der Waals surface area (Å²) < 4.78 is 5.36. The third kappa shape index (κ3) is 4.17. The van der Waals surface area contributed by atoms with E-state index in [9.17, 15) is 4.79 Å². The summed E-state index contributed by atoms with van der Waals surface area (Å²) in [5.41, 5.74) is 3.13. The quantitative estimate of drug-likeness (QED) is 0.610. The summed E-state index contributed by atoms with van der Waals surface area (Å²) in [6, 6.07) is 17.9. The molecule has 3 aromatic rings. The third-order valence-corrected chi connectivity index (χ3v) is 5.17. The number of methoxy groups -OCH3 is 1. The highest BCUT2D eigenvalue weighted by Gasteiger charge is 2.13. The fourth-order valence-electron chi connectivity index (χ4n) is 2.82. The molecule has 0 aliphatic heterocycles. The van der Waals surface area contributed by atoms with Crippen LogP contribution in [0.1, 0.15) is 11.1 Å². The molecule has 0 saturated carbocycles. The maximum absolute atomic E-state index is 12.5. The van der Waals surface area contributed by atoms with Gasteiger partial charge in [-0.25, -0.2) is 4.98 Å². The van der Waals surface area contributed by atoms with Gasteiger partial charge in [-0.3, -0.25) is 4.79 Å². The first kappa shape index (κ1) is 18.3. The van der Waals surface area contributed by atoms with Gasteiger partial charge in [0.05, 0.1) is 23.4 Å². The zero-order chi connectivity index (χ0) is 18.5. The number of fused-ring (bicyclic) bond motifs is 1. The summed E-state index contributed by atoms with van der Waals surface area (Å²) in [5.74, 6) is 1.22. The summed E-state index contributed by atoms with van der Waals surface area (Å²) in [5, 5.41) is 2.02. The number of pyridine rings is 1. The molecular formula is C21H22N2O2S. The Morgan fingerprint density at radius 3 is 2.69 bits per heavy atom. The fourth-order valence-corrected chi connectivity index (χ4v) is 3.73. The van der Waals surface area contributed by atoms with E-state index in [1.54, 1.807) is 12.0 Å². The standard InChI is InChI=1S/C21H22N2O2S/c1-15-12-20(22-18-10-6-5-9-17(15)18)26-14-21(24)23(2)13-16-8-4-7-11-19(16)25-3/h4-12H,13-14H2,1-3H3. The van der Waals surface area contributed by atoms with E-state index in [0.717, 1.165) is 27.2 Å². The number of ether oxygens (including phenoxy) is 1. The van der Waals surface area contributed by atoms with Crippen LogP contribution in [0.3, 0.4) is 0 Å². The molecule has 0 aliphatic rings. The molecule has 0 atom stereocenters. The minimum absolute atomic E-state index is 0.0634. The number of hydrogen-bond donors (Lipinski definition) is 0. The van der Waals surface area contributed by atoms with E-state index in [0.29, 0.717) is 12.3 Å². The lowest BCUT2D eigenvalue weighted by molar-refractivity contribution is -0.127. The number of nitrogens with zero attached hydrogens (tertiary/aromatic N) is 2. The van der Waals surface area contributed by atoms with E-state index in [1.165, 1.54) is 17.3 Å². The van der Waals surface area contributed by atoms with Gasteiger partial charge in [0.2, 0.25) is 5.91 Å². The molecule has 26 heavy (non-hydrogen) atoms. The highest BCUT2D eigenvalue weighted by molar-refractivity contribution is 7.99. The van der Waals surface area contributed by atoms with Crippen molar-refractivity contribution >= 4 is 28.6 Å². The van der Waals surface area contributed by atoms with Crippen molar-refractivity contribution in [2.24, 2.45) is 0 Å². The Hall–Kier alpha value is -2.53. The maximum Gasteiger partial charge on any atom is 0.233 e. The van der Waals surface area contributed by atoms with E-state index in [1.807, 2.05) is 55.6 Å². The van der Waals surface area contributed by atoms with Crippen LogP contribution in [-0.2, 0) is 11.3 Å². The lowest BCUT2D eigenvalue weighted by Crippen LogP contribution is -2.28. The lowest BCUT2D eigenvalue weighted by atomic mass is 10.1. The minimum Gasteiger partial charge on any atom is -0.496 e. The number of aromatic nitrogens is 1. The van der Waals surface area contributed by atoms with Gasteiger partial charge in [0.15, 0.2) is 0 Å². The summed E-state index contributed by atoms with van der Waals surface area (Å²) in [7, 11) is 3.46. The van der Waals surface area contributed by atoms with Crippen LogP contribution >= 0.6 is 11.8 Å². The number of aryl methyl sites for hydroxylation is 1. The highest BCUT2D eigenvalue weighted by Crippen LogP contribution is 2.24. The first-order valence-corrected chi connectivity index (χ1v) is 9.42. The van der Waals surface area contributed by atoms with Crippen LogP contribution in [0, 0.1) is 6.92 Å². The largest absolute Gasteiger partial charge is 0.496 e. The zero-order valence-corrected chi connectivity index (χ0v) is 16.0. The Morgan fingerprint density at radius 2 is 1.88 bits per heavy atom. The van der Waals surface area contributed by atoms with Gasteiger partial charge in [0.25, 0.3) is 0 Å². The number of hydrogen-bond acceptors (Lipinski definition) is 4. The van der Waals surface area contributed by atoms with Crippen molar-refractivity contribution in [2.45, 2.75) is 18.5 Å². The number of rotatable bonds is 6. The van der Waals surface area contributed by atoms with Crippen LogP contribution < -0.4 is 4.74 Å². The molecule has 1 aromatic heterocycles. The molecule has 0 spiro atoms. The van der Waals surface area contributed by atoms with Gasteiger partial charge in [0.1, 0.15) is 5.75 Å². The summed E-state index contributed by atoms with van der Waals surface area (Å²) in [6.45, 7) is 2.59. The SMILES string of the molecule is COc1ccccc1CN(C)C(=O)CSc1cc(C)c2ccccc2n1. The van der Waals surface area contributed by atoms with Gasteiger partial charge in [0, 0.05) is 24.5 Å². The molecule has 0 aliphatic carbocycles. The second kappa shape index (κ2) is 8.23. The predicted molar refractivity (Wildman–Crippen MR) is 107 cm³/mol. The van der Waals surface area contributed by atoms with Gasteiger partial charge in [-0.1, -0.05) is 48.2 Å². The Bertz CT molecular complexity index is 927. The number of para-hydroxylation sites is 2. The second-order valence-corrected chi connectivity index (χ2v) is 7.14. The molecule has 0 bridgehead atoms. The lowest BCUT2D eigenvalue weighted by Gasteiger charge is -2.18. The number of benzene rings is 2. The number of carbonyl (C=O) groups excluding carboxylic acids is 1. The van der Waals surface area contributed by atoms with E-state index in [-0.39, 0.29) is 5.91 Å². The van der Waals surface area contributed by atoms with Crippen molar-refractivity contribution in [1.29, 1.82) is 0 Å². The molecule has 1 heterocycles. The molecule has 5 heteroatoms. The Balaban J connectivity index is 1.65. The second-order valence-electron chi connectivity index (χ2n) is 6.14. The van der Waals surface area contributed by atoms with Gasteiger partial charge in [-0.2, -0.15) is 0 Å². The first-order valence-electron chi connectivity index (χ1n) is 8.43. The molecule has 0 saturated heterocycles. The average Bonchev–Trinajstić information content (AvgIpc) is 2.66. The van der Waals surface area contributed by atoms with Crippen LogP contribution in [0.15, 0.2) is 59.6 Å². The molecule has 0 N–H and O–H groups in total. The van der Waals surface area contributed by atoms with Crippen LogP contribution in [0.25, 0.3) is 10.9 Å². The Kier molecular flexibility index (Phi) is 5.78. The van der Waals surface area contributed by atoms with Crippen LogP contribution in [0.4, 0.5) is 0 Å². The van der Waals surface area contributed by atoms with Crippen molar-refractivity contribution in [2.75, 3.05) is 19.9 Å². The van der Waals surface area contributed by atoms with Crippen molar-refractivity contribution in [1.82, 2.24) is 9.88 Å².